The van der Waals surface area contributed by atoms with Crippen molar-refractivity contribution in [2.75, 3.05) is 43.4 Å². The van der Waals surface area contributed by atoms with Crippen LogP contribution in [0.15, 0.2) is 46.1 Å². The molecular formula is C19H26BrN7O. The smallest absolute Gasteiger partial charge is 0.211 e. The van der Waals surface area contributed by atoms with Crippen molar-refractivity contribution in [2.24, 2.45) is 16.7 Å². The lowest BCUT2D eigenvalue weighted by molar-refractivity contribution is -0.105. The highest BCUT2D eigenvalue weighted by atomic mass is 79.9. The number of aryl methyl sites for hydroxylation is 1. The number of nitrogens with zero attached hydrogens (tertiary/aromatic N) is 4. The second-order valence-corrected chi connectivity index (χ2v) is 7.35. The fourth-order valence-corrected chi connectivity index (χ4v) is 3.21. The average Bonchev–Trinajstić information content (AvgIpc) is 2.70. The number of carbonyl (C=O) groups excluding carboxylic acids is 1. The SMILES string of the molecule is Cc1cc(Br)cnc1N1CCN(C)CC1.N/N=C(\N)c1ccc(NC=O)cc1. The lowest BCUT2D eigenvalue weighted by atomic mass is 10.2. The molecule has 1 aromatic heterocycles. The Hall–Kier alpha value is -2.65. The van der Waals surface area contributed by atoms with Gasteiger partial charge in [0, 0.05) is 48.1 Å². The average molecular weight is 448 g/mol. The number of anilines is 2. The number of piperazine rings is 1. The van der Waals surface area contributed by atoms with Crippen LogP contribution < -0.4 is 21.8 Å². The number of benzene rings is 1. The van der Waals surface area contributed by atoms with Crippen molar-refractivity contribution < 1.29 is 4.79 Å². The second-order valence-electron chi connectivity index (χ2n) is 6.44. The van der Waals surface area contributed by atoms with Crippen molar-refractivity contribution in [3.63, 3.8) is 0 Å². The van der Waals surface area contributed by atoms with Crippen LogP contribution in [-0.4, -0.2) is 55.4 Å². The maximum absolute atomic E-state index is 10.1. The Morgan fingerprint density at radius 2 is 1.89 bits per heavy atom. The zero-order valence-electron chi connectivity index (χ0n) is 16.1. The van der Waals surface area contributed by atoms with E-state index >= 15 is 0 Å². The molecule has 0 spiro atoms. The van der Waals surface area contributed by atoms with Gasteiger partial charge in [0.2, 0.25) is 6.41 Å². The molecule has 0 unspecified atom stereocenters. The highest BCUT2D eigenvalue weighted by Crippen LogP contribution is 2.21. The van der Waals surface area contributed by atoms with Crippen molar-refractivity contribution >= 4 is 39.7 Å². The van der Waals surface area contributed by atoms with Crippen molar-refractivity contribution in [3.8, 4) is 0 Å². The molecule has 0 bridgehead atoms. The summed E-state index contributed by atoms with van der Waals surface area (Å²) in [6.07, 6.45) is 2.48. The van der Waals surface area contributed by atoms with Gasteiger partial charge in [0.1, 0.15) is 11.7 Å². The first-order valence-corrected chi connectivity index (χ1v) is 9.63. The van der Waals surface area contributed by atoms with E-state index in [0.717, 1.165) is 42.0 Å². The minimum atomic E-state index is 0.262. The van der Waals surface area contributed by atoms with E-state index in [9.17, 15) is 4.79 Å². The van der Waals surface area contributed by atoms with Crippen molar-refractivity contribution in [1.82, 2.24) is 9.88 Å². The molecule has 1 aliphatic heterocycles. The Morgan fingerprint density at radius 3 is 2.43 bits per heavy atom. The number of aromatic nitrogens is 1. The highest BCUT2D eigenvalue weighted by molar-refractivity contribution is 9.10. The third kappa shape index (κ3) is 6.21. The van der Waals surface area contributed by atoms with Gasteiger partial charge in [0.15, 0.2) is 0 Å². The van der Waals surface area contributed by atoms with Gasteiger partial charge < -0.3 is 26.7 Å². The Morgan fingerprint density at radius 1 is 1.25 bits per heavy atom. The van der Waals surface area contributed by atoms with Crippen LogP contribution in [0.2, 0.25) is 0 Å². The molecule has 28 heavy (non-hydrogen) atoms. The number of pyridine rings is 1. The van der Waals surface area contributed by atoms with Gasteiger partial charge in [0.05, 0.1) is 0 Å². The summed E-state index contributed by atoms with van der Waals surface area (Å²) in [4.78, 5) is 19.3. The van der Waals surface area contributed by atoms with E-state index < -0.39 is 0 Å². The predicted octanol–water partition coefficient (Wildman–Crippen LogP) is 1.74. The summed E-state index contributed by atoms with van der Waals surface area (Å²) < 4.78 is 1.05. The summed E-state index contributed by atoms with van der Waals surface area (Å²) >= 11 is 3.44. The Labute approximate surface area is 173 Å². The van der Waals surface area contributed by atoms with E-state index in [-0.39, 0.29) is 5.84 Å². The van der Waals surface area contributed by atoms with E-state index in [1.807, 2.05) is 6.20 Å². The van der Waals surface area contributed by atoms with Crippen LogP contribution in [0.25, 0.3) is 0 Å². The minimum Gasteiger partial charge on any atom is -0.382 e. The molecule has 3 rings (SSSR count). The number of carbonyl (C=O) groups is 1. The van der Waals surface area contributed by atoms with Crippen LogP contribution in [0.1, 0.15) is 11.1 Å². The third-order valence-electron chi connectivity index (χ3n) is 4.37. The van der Waals surface area contributed by atoms with Gasteiger partial charge >= 0.3 is 0 Å². The van der Waals surface area contributed by atoms with Crippen LogP contribution >= 0.6 is 15.9 Å². The van der Waals surface area contributed by atoms with E-state index in [0.29, 0.717) is 12.1 Å². The molecule has 150 valence electrons. The van der Waals surface area contributed by atoms with Gasteiger partial charge in [0.25, 0.3) is 0 Å². The monoisotopic (exact) mass is 447 g/mol. The van der Waals surface area contributed by atoms with E-state index in [4.69, 9.17) is 11.6 Å². The van der Waals surface area contributed by atoms with E-state index in [1.54, 1.807) is 24.3 Å². The standard InChI is InChI=1S/C11H16BrN3.C8H10N4O/c1-9-7-10(12)8-13-11(9)15-5-3-14(2)4-6-15;9-8(12-10)6-1-3-7(4-2-6)11-5-13/h7-8H,3-6H2,1-2H3;1-5H,10H2,(H2,9,12)(H,11,13). The Bertz CT molecular complexity index is 802. The third-order valence-corrected chi connectivity index (χ3v) is 4.80. The molecule has 5 N–H and O–H groups in total. The summed E-state index contributed by atoms with van der Waals surface area (Å²) in [5, 5.41) is 5.84. The molecular weight excluding hydrogens is 422 g/mol. The predicted molar refractivity (Wildman–Crippen MR) is 117 cm³/mol. The highest BCUT2D eigenvalue weighted by Gasteiger charge is 2.16. The second kappa shape index (κ2) is 10.6. The maximum Gasteiger partial charge on any atom is 0.211 e. The zero-order chi connectivity index (χ0) is 20.5. The van der Waals surface area contributed by atoms with Gasteiger partial charge in [-0.15, -0.1) is 0 Å². The Balaban J connectivity index is 0.000000203. The number of hydrogen-bond donors (Lipinski definition) is 3. The first kappa shape index (κ1) is 21.6. The normalized spacial score (nSPS) is 14.8. The number of nitrogens with one attached hydrogen (secondary N) is 1. The Kier molecular flexibility index (Phi) is 8.21. The molecule has 0 radical (unpaired) electrons. The zero-order valence-corrected chi connectivity index (χ0v) is 17.7. The van der Waals surface area contributed by atoms with E-state index in [2.05, 4.69) is 61.2 Å². The molecule has 1 aliphatic rings. The summed E-state index contributed by atoms with van der Waals surface area (Å²) in [5.74, 6) is 6.38. The molecule has 0 saturated carbocycles. The van der Waals surface area contributed by atoms with Crippen LogP contribution in [0.3, 0.4) is 0 Å². The quantitative estimate of drug-likeness (QED) is 0.216. The first-order chi connectivity index (χ1) is 13.4. The van der Waals surface area contributed by atoms with Gasteiger partial charge in [-0.2, -0.15) is 5.10 Å². The largest absolute Gasteiger partial charge is 0.382 e. The number of likely N-dealkylation sites (N-methyl/N-ethyl adjacent to an activating group) is 1. The maximum atomic E-state index is 10.1. The topological polar surface area (TPSA) is 113 Å². The summed E-state index contributed by atoms with van der Waals surface area (Å²) in [7, 11) is 2.17. The minimum absolute atomic E-state index is 0.262. The first-order valence-electron chi connectivity index (χ1n) is 8.84. The summed E-state index contributed by atoms with van der Waals surface area (Å²) in [6.45, 7) is 6.51. The van der Waals surface area contributed by atoms with Gasteiger partial charge in [-0.25, -0.2) is 4.98 Å². The van der Waals surface area contributed by atoms with Crippen LogP contribution in [0, 0.1) is 6.92 Å². The molecule has 1 saturated heterocycles. The molecule has 1 amide bonds. The lowest BCUT2D eigenvalue weighted by Gasteiger charge is -2.33. The number of nitrogens with two attached hydrogens (primary N) is 2. The van der Waals surface area contributed by atoms with Crippen LogP contribution in [-0.2, 0) is 4.79 Å². The summed E-state index contributed by atoms with van der Waals surface area (Å²) in [5.41, 5.74) is 8.12. The molecule has 2 heterocycles. The summed E-state index contributed by atoms with van der Waals surface area (Å²) in [6, 6.07) is 8.99. The fourth-order valence-electron chi connectivity index (χ4n) is 2.76. The van der Waals surface area contributed by atoms with Crippen molar-refractivity contribution in [2.45, 2.75) is 6.92 Å². The fraction of sp³-hybridized carbons (Fsp3) is 0.316. The van der Waals surface area contributed by atoms with E-state index in [1.165, 1.54) is 5.56 Å². The van der Waals surface area contributed by atoms with Gasteiger partial charge in [-0.1, -0.05) is 0 Å². The number of hydrogen-bond acceptors (Lipinski definition) is 6. The molecule has 9 heteroatoms. The van der Waals surface area contributed by atoms with Crippen LogP contribution in [0.5, 0.6) is 0 Å². The number of rotatable bonds is 4. The number of amides is 1. The molecule has 0 atom stereocenters. The number of hydrazone groups is 1. The molecule has 2 aromatic rings. The molecule has 1 fully saturated rings. The van der Waals surface area contributed by atoms with Crippen molar-refractivity contribution in [1.29, 1.82) is 0 Å². The molecule has 0 aliphatic carbocycles. The van der Waals surface area contributed by atoms with Gasteiger partial charge in [-0.05, 0) is 65.8 Å². The molecule has 8 nitrogen and oxygen atoms in total. The molecule has 1 aromatic carbocycles. The lowest BCUT2D eigenvalue weighted by Crippen LogP contribution is -2.45. The van der Waals surface area contributed by atoms with Gasteiger partial charge in [-0.3, -0.25) is 4.79 Å². The number of amidine groups is 1. The number of halogens is 1. The van der Waals surface area contributed by atoms with Crippen LogP contribution in [0.4, 0.5) is 11.5 Å². The van der Waals surface area contributed by atoms with Crippen molar-refractivity contribution in [3.05, 3.63) is 52.1 Å².